The minimum atomic E-state index is -4.22. The van der Waals surface area contributed by atoms with Crippen molar-refractivity contribution in [2.24, 2.45) is 0 Å². The van der Waals surface area contributed by atoms with E-state index in [2.05, 4.69) is 9.71 Å². The Labute approximate surface area is 153 Å². The first kappa shape index (κ1) is 17.0. The lowest BCUT2D eigenvalue weighted by atomic mass is 10.1. The molecule has 9 heteroatoms. The van der Waals surface area contributed by atoms with Gasteiger partial charge in [0.2, 0.25) is 0 Å². The lowest BCUT2D eigenvalue weighted by Crippen LogP contribution is -2.15. The summed E-state index contributed by atoms with van der Waals surface area (Å²) in [6.45, 7) is 0.849. The van der Waals surface area contributed by atoms with Crippen molar-refractivity contribution in [3.05, 3.63) is 60.3 Å². The van der Waals surface area contributed by atoms with Crippen molar-refractivity contribution in [2.75, 3.05) is 10.5 Å². The number of para-hydroxylation sites is 1. The van der Waals surface area contributed by atoms with E-state index in [1.54, 1.807) is 36.0 Å². The number of thioether (sulfide) groups is 1. The third-order valence-electron chi connectivity index (χ3n) is 3.93. The van der Waals surface area contributed by atoms with E-state index in [9.17, 15) is 17.2 Å². The number of rotatable bonds is 4. The SMILES string of the molecule is O=S(=O)(Nc1ccccc1-c1cn2c(n1)SCC2)c1ccc(F)cc1F. The lowest BCUT2D eigenvalue weighted by molar-refractivity contribution is 0.551. The second-order valence-electron chi connectivity index (χ2n) is 5.68. The summed E-state index contributed by atoms with van der Waals surface area (Å²) in [6.07, 6.45) is 1.86. The Kier molecular flexibility index (Phi) is 4.20. The highest BCUT2D eigenvalue weighted by molar-refractivity contribution is 7.99. The third kappa shape index (κ3) is 3.08. The molecule has 3 aromatic rings. The molecule has 2 aromatic carbocycles. The quantitative estimate of drug-likeness (QED) is 0.734. The Morgan fingerprint density at radius 3 is 2.73 bits per heavy atom. The standard InChI is InChI=1S/C17H13F2N3O2S2/c18-11-5-6-16(13(19)9-11)26(23,24)21-14-4-2-1-3-12(14)15-10-22-7-8-25-17(22)20-15/h1-6,9-10,21H,7-8H2. The Morgan fingerprint density at radius 1 is 1.15 bits per heavy atom. The van der Waals surface area contributed by atoms with Crippen LogP contribution < -0.4 is 4.72 Å². The van der Waals surface area contributed by atoms with Crippen LogP contribution in [0.25, 0.3) is 11.3 Å². The van der Waals surface area contributed by atoms with Crippen molar-refractivity contribution >= 4 is 27.5 Å². The first-order chi connectivity index (χ1) is 12.4. The van der Waals surface area contributed by atoms with Crippen LogP contribution in [-0.2, 0) is 16.6 Å². The summed E-state index contributed by atoms with van der Waals surface area (Å²) >= 11 is 1.63. The summed E-state index contributed by atoms with van der Waals surface area (Å²) in [5, 5.41) is 0.877. The molecule has 26 heavy (non-hydrogen) atoms. The number of anilines is 1. The molecule has 134 valence electrons. The maximum absolute atomic E-state index is 13.9. The molecule has 2 heterocycles. The van der Waals surface area contributed by atoms with Crippen molar-refractivity contribution in [1.29, 1.82) is 0 Å². The van der Waals surface area contributed by atoms with Crippen LogP contribution in [-0.4, -0.2) is 23.7 Å². The predicted octanol–water partition coefficient (Wildman–Crippen LogP) is 3.73. The fourth-order valence-corrected chi connectivity index (χ4v) is 4.81. The van der Waals surface area contributed by atoms with E-state index < -0.39 is 26.6 Å². The van der Waals surface area contributed by atoms with E-state index >= 15 is 0 Å². The number of nitrogens with zero attached hydrogens (tertiary/aromatic N) is 2. The number of sulfonamides is 1. The molecule has 1 aliphatic rings. The van der Waals surface area contributed by atoms with Crippen LogP contribution in [0.5, 0.6) is 0 Å². The highest BCUT2D eigenvalue weighted by Gasteiger charge is 2.22. The van der Waals surface area contributed by atoms with Crippen LogP contribution in [0.1, 0.15) is 0 Å². The smallest absolute Gasteiger partial charge is 0.264 e. The molecule has 0 saturated heterocycles. The van der Waals surface area contributed by atoms with Crippen molar-refractivity contribution in [1.82, 2.24) is 9.55 Å². The van der Waals surface area contributed by atoms with Crippen molar-refractivity contribution in [2.45, 2.75) is 16.6 Å². The summed E-state index contributed by atoms with van der Waals surface area (Å²) < 4.78 is 56.5. The van der Waals surface area contributed by atoms with Gasteiger partial charge in [-0.1, -0.05) is 30.0 Å². The van der Waals surface area contributed by atoms with Gasteiger partial charge in [0, 0.05) is 30.1 Å². The van der Waals surface area contributed by atoms with Gasteiger partial charge in [0.05, 0.1) is 11.4 Å². The normalized spacial score (nSPS) is 13.6. The van der Waals surface area contributed by atoms with Gasteiger partial charge in [0.1, 0.15) is 16.5 Å². The Bertz CT molecular complexity index is 1080. The molecule has 1 aromatic heterocycles. The highest BCUT2D eigenvalue weighted by atomic mass is 32.2. The van der Waals surface area contributed by atoms with Crippen LogP contribution >= 0.6 is 11.8 Å². The monoisotopic (exact) mass is 393 g/mol. The van der Waals surface area contributed by atoms with Crippen LogP contribution in [0.15, 0.2) is 58.7 Å². The van der Waals surface area contributed by atoms with Gasteiger partial charge in [-0.15, -0.1) is 0 Å². The number of halogens is 2. The van der Waals surface area contributed by atoms with Crippen molar-refractivity contribution in [3.8, 4) is 11.3 Å². The van der Waals surface area contributed by atoms with Gasteiger partial charge in [-0.2, -0.15) is 0 Å². The van der Waals surface area contributed by atoms with Gasteiger partial charge in [-0.3, -0.25) is 4.72 Å². The van der Waals surface area contributed by atoms with Gasteiger partial charge in [-0.05, 0) is 18.2 Å². The number of aryl methyl sites for hydroxylation is 1. The number of imidazole rings is 1. The Balaban J connectivity index is 1.72. The molecule has 0 radical (unpaired) electrons. The Morgan fingerprint density at radius 2 is 1.96 bits per heavy atom. The fourth-order valence-electron chi connectivity index (χ4n) is 2.73. The highest BCUT2D eigenvalue weighted by Crippen LogP contribution is 2.33. The van der Waals surface area contributed by atoms with Gasteiger partial charge in [-0.25, -0.2) is 22.2 Å². The molecule has 0 spiro atoms. The van der Waals surface area contributed by atoms with E-state index in [1.807, 2.05) is 10.8 Å². The topological polar surface area (TPSA) is 64.0 Å². The third-order valence-corrected chi connectivity index (χ3v) is 6.30. The van der Waals surface area contributed by atoms with Gasteiger partial charge < -0.3 is 4.57 Å². The summed E-state index contributed by atoms with van der Waals surface area (Å²) in [6, 6.07) is 9.09. The fraction of sp³-hybridized carbons (Fsp3) is 0.118. The zero-order valence-corrected chi connectivity index (χ0v) is 14.9. The Hall–Kier alpha value is -2.39. The number of benzene rings is 2. The number of nitrogens with one attached hydrogen (secondary N) is 1. The van der Waals surface area contributed by atoms with Gasteiger partial charge in [0.25, 0.3) is 10.0 Å². The number of aromatic nitrogens is 2. The minimum Gasteiger partial charge on any atom is -0.325 e. The zero-order valence-electron chi connectivity index (χ0n) is 13.3. The lowest BCUT2D eigenvalue weighted by Gasteiger charge is -2.12. The van der Waals surface area contributed by atoms with Crippen molar-refractivity contribution < 1.29 is 17.2 Å². The molecule has 0 atom stereocenters. The van der Waals surface area contributed by atoms with Crippen LogP contribution in [0.3, 0.4) is 0 Å². The molecule has 0 amide bonds. The molecule has 5 nitrogen and oxygen atoms in total. The maximum Gasteiger partial charge on any atom is 0.264 e. The molecule has 0 saturated carbocycles. The molecule has 0 bridgehead atoms. The van der Waals surface area contributed by atoms with Gasteiger partial charge in [0.15, 0.2) is 5.16 Å². The summed E-state index contributed by atoms with van der Waals surface area (Å²) in [7, 11) is -4.22. The molecule has 0 aliphatic carbocycles. The predicted molar refractivity (Wildman–Crippen MR) is 95.6 cm³/mol. The largest absolute Gasteiger partial charge is 0.325 e. The zero-order chi connectivity index (χ0) is 18.3. The molecule has 1 N–H and O–H groups in total. The molecular weight excluding hydrogens is 380 g/mol. The maximum atomic E-state index is 13.9. The van der Waals surface area contributed by atoms with E-state index in [-0.39, 0.29) is 5.69 Å². The van der Waals surface area contributed by atoms with Crippen LogP contribution in [0, 0.1) is 11.6 Å². The van der Waals surface area contributed by atoms with E-state index in [1.165, 1.54) is 0 Å². The molecule has 4 rings (SSSR count). The van der Waals surface area contributed by atoms with Crippen molar-refractivity contribution in [3.63, 3.8) is 0 Å². The molecule has 0 fully saturated rings. The number of fused-ring (bicyclic) bond motifs is 1. The van der Waals surface area contributed by atoms with Crippen LogP contribution in [0.2, 0.25) is 0 Å². The van der Waals surface area contributed by atoms with Crippen LogP contribution in [0.4, 0.5) is 14.5 Å². The second-order valence-corrected chi connectivity index (χ2v) is 8.39. The summed E-state index contributed by atoms with van der Waals surface area (Å²) in [4.78, 5) is 3.91. The van der Waals surface area contributed by atoms with E-state index in [0.717, 1.165) is 29.6 Å². The summed E-state index contributed by atoms with van der Waals surface area (Å²) in [5.41, 5.74) is 1.49. The first-order valence-electron chi connectivity index (χ1n) is 7.71. The van der Waals surface area contributed by atoms with E-state index in [0.29, 0.717) is 17.3 Å². The van der Waals surface area contributed by atoms with E-state index in [4.69, 9.17) is 0 Å². The number of hydrogen-bond acceptors (Lipinski definition) is 4. The molecule has 1 aliphatic heterocycles. The number of hydrogen-bond donors (Lipinski definition) is 1. The minimum absolute atomic E-state index is 0.276. The average molecular weight is 393 g/mol. The van der Waals surface area contributed by atoms with Gasteiger partial charge >= 0.3 is 0 Å². The summed E-state index contributed by atoms with van der Waals surface area (Å²) in [5.74, 6) is -1.03. The molecular formula is C17H13F2N3O2S2. The first-order valence-corrected chi connectivity index (χ1v) is 10.2. The molecule has 0 unspecified atom stereocenters. The average Bonchev–Trinajstić information content (AvgIpc) is 3.16. The second kappa shape index (κ2) is 6.40.